The number of ether oxygens (including phenoxy) is 3. The lowest BCUT2D eigenvalue weighted by Gasteiger charge is -2.18. The number of hydrogen-bond donors (Lipinski definition) is 0. The summed E-state index contributed by atoms with van der Waals surface area (Å²) in [5.41, 5.74) is 0. The molecule has 0 N–H and O–H groups in total. The largest absolute Gasteiger partial charge is 0.462 e. The topological polar surface area (TPSA) is 78.9 Å². The zero-order valence-electron chi connectivity index (χ0n) is 45.7. The Labute approximate surface area is 436 Å². The number of rotatable bonds is 50. The van der Waals surface area contributed by atoms with Crippen molar-refractivity contribution >= 4 is 17.9 Å². The van der Waals surface area contributed by atoms with Gasteiger partial charge in [0.2, 0.25) is 0 Å². The van der Waals surface area contributed by atoms with E-state index in [2.05, 4.69) is 154 Å². The predicted molar refractivity (Wildman–Crippen MR) is 306 cm³/mol. The normalized spacial score (nSPS) is 13.1. The minimum atomic E-state index is -0.816. The van der Waals surface area contributed by atoms with Gasteiger partial charge in [-0.25, -0.2) is 0 Å². The molecule has 0 rings (SSSR count). The molecule has 0 aliphatic rings. The number of unbranched alkanes of at least 4 members (excludes halogenated alkanes) is 17. The van der Waals surface area contributed by atoms with Crippen LogP contribution in [0.5, 0.6) is 0 Å². The average Bonchev–Trinajstić information content (AvgIpc) is 3.37. The maximum atomic E-state index is 12.9. The summed E-state index contributed by atoms with van der Waals surface area (Å²) in [6, 6.07) is 0. The Morgan fingerprint density at radius 2 is 0.549 bits per heavy atom. The second kappa shape index (κ2) is 58.1. The molecule has 0 radical (unpaired) electrons. The van der Waals surface area contributed by atoms with Gasteiger partial charge in [0.1, 0.15) is 13.2 Å². The Balaban J connectivity index is 4.54. The summed E-state index contributed by atoms with van der Waals surface area (Å²) in [6.45, 7) is 6.34. The highest BCUT2D eigenvalue weighted by Crippen LogP contribution is 2.13. The molecule has 0 amide bonds. The molecule has 0 aromatic heterocycles. The molecule has 71 heavy (non-hydrogen) atoms. The van der Waals surface area contributed by atoms with Gasteiger partial charge in [-0.3, -0.25) is 14.4 Å². The molecule has 400 valence electrons. The van der Waals surface area contributed by atoms with Gasteiger partial charge >= 0.3 is 17.9 Å². The lowest BCUT2D eigenvalue weighted by molar-refractivity contribution is -0.167. The number of carbonyl (C=O) groups is 3. The van der Waals surface area contributed by atoms with Crippen LogP contribution >= 0.6 is 0 Å². The van der Waals surface area contributed by atoms with Crippen molar-refractivity contribution in [3.63, 3.8) is 0 Å². The molecule has 0 spiro atoms. The standard InChI is InChI=1S/C65H104O6/c1-4-7-10-13-16-19-22-25-28-30-32-34-37-39-42-45-48-51-54-57-63(66)69-60-62(71-65(68)59-56-53-50-47-44-41-36-27-24-21-18-15-12-9-6-3)61-70-64(67)58-55-52-49-46-43-40-38-35-33-31-29-26-23-20-17-14-11-8-5-2/h7-8,10-11,16-17,19-20,25-29,32-36,39-40,42-43,62H,4-6,9,12-15,18,21-24,30-31,37-38,41,44-61H2,1-3H3. The Bertz CT molecular complexity index is 1460. The molecule has 0 bridgehead atoms. The van der Waals surface area contributed by atoms with Crippen molar-refractivity contribution in [1.82, 2.24) is 0 Å². The van der Waals surface area contributed by atoms with E-state index in [0.29, 0.717) is 19.3 Å². The van der Waals surface area contributed by atoms with Crippen LogP contribution in [0.3, 0.4) is 0 Å². The van der Waals surface area contributed by atoms with E-state index in [9.17, 15) is 14.4 Å². The third kappa shape index (κ3) is 56.3. The van der Waals surface area contributed by atoms with Crippen LogP contribution in [0.4, 0.5) is 0 Å². The molecule has 0 atom stereocenters. The minimum absolute atomic E-state index is 0.114. The van der Waals surface area contributed by atoms with Crippen LogP contribution in [0.2, 0.25) is 0 Å². The van der Waals surface area contributed by atoms with Crippen LogP contribution in [0.25, 0.3) is 0 Å². The SMILES string of the molecule is CCC=CCC=CCC=CCC=CCC=CCCCCCC(=O)OCC(COC(=O)CCCCCC=CCC=CCC=CCC=CCC=CCC)OC(=O)CCCCCCCC=CCCCCCCCC. The number of allylic oxidation sites excluding steroid dienone is 22. The van der Waals surface area contributed by atoms with Crippen molar-refractivity contribution < 1.29 is 28.6 Å². The fourth-order valence-electron chi connectivity index (χ4n) is 7.37. The summed E-state index contributed by atoms with van der Waals surface area (Å²) in [4.78, 5) is 38.2. The summed E-state index contributed by atoms with van der Waals surface area (Å²) in [6.07, 6.45) is 81.5. The monoisotopic (exact) mass is 981 g/mol. The van der Waals surface area contributed by atoms with Gasteiger partial charge in [0.05, 0.1) is 0 Å². The van der Waals surface area contributed by atoms with Crippen LogP contribution in [-0.4, -0.2) is 37.2 Å². The lowest BCUT2D eigenvalue weighted by atomic mass is 10.1. The first-order valence-corrected chi connectivity index (χ1v) is 28.7. The highest BCUT2D eigenvalue weighted by molar-refractivity contribution is 5.71. The molecule has 0 saturated carbocycles. The van der Waals surface area contributed by atoms with Crippen LogP contribution in [0, 0.1) is 0 Å². The first kappa shape index (κ1) is 66.6. The maximum Gasteiger partial charge on any atom is 0.306 e. The van der Waals surface area contributed by atoms with Gasteiger partial charge in [0.25, 0.3) is 0 Å². The van der Waals surface area contributed by atoms with Gasteiger partial charge in [-0.05, 0) is 135 Å². The summed E-state index contributed by atoms with van der Waals surface area (Å²) >= 11 is 0. The fourth-order valence-corrected chi connectivity index (χ4v) is 7.37. The summed E-state index contributed by atoms with van der Waals surface area (Å²) in [5, 5.41) is 0. The first-order chi connectivity index (χ1) is 35.0. The zero-order valence-corrected chi connectivity index (χ0v) is 45.7. The second-order valence-corrected chi connectivity index (χ2v) is 18.4. The van der Waals surface area contributed by atoms with E-state index >= 15 is 0 Å². The van der Waals surface area contributed by atoms with Gasteiger partial charge in [-0.1, -0.05) is 219 Å². The van der Waals surface area contributed by atoms with Crippen LogP contribution in [-0.2, 0) is 28.6 Å². The molecule has 6 nitrogen and oxygen atoms in total. The molecular formula is C65H104O6. The Kier molecular flexibility index (Phi) is 54.5. The van der Waals surface area contributed by atoms with E-state index in [1.807, 2.05) is 0 Å². The fraction of sp³-hybridized carbons (Fsp3) is 0.615. The molecule has 0 aromatic rings. The van der Waals surface area contributed by atoms with Gasteiger partial charge in [-0.15, -0.1) is 0 Å². The Morgan fingerprint density at radius 1 is 0.296 bits per heavy atom. The van der Waals surface area contributed by atoms with Crippen molar-refractivity contribution in [3.8, 4) is 0 Å². The van der Waals surface area contributed by atoms with E-state index in [0.717, 1.165) is 148 Å². The summed E-state index contributed by atoms with van der Waals surface area (Å²) in [7, 11) is 0. The van der Waals surface area contributed by atoms with Crippen molar-refractivity contribution in [1.29, 1.82) is 0 Å². The predicted octanol–water partition coefficient (Wildman–Crippen LogP) is 19.4. The minimum Gasteiger partial charge on any atom is -0.462 e. The van der Waals surface area contributed by atoms with Crippen molar-refractivity contribution in [3.05, 3.63) is 134 Å². The van der Waals surface area contributed by atoms with Gasteiger partial charge in [0.15, 0.2) is 6.10 Å². The number of esters is 3. The van der Waals surface area contributed by atoms with Crippen molar-refractivity contribution in [2.45, 2.75) is 245 Å². The Morgan fingerprint density at radius 3 is 0.887 bits per heavy atom. The third-order valence-electron chi connectivity index (χ3n) is 11.6. The van der Waals surface area contributed by atoms with Crippen molar-refractivity contribution in [2.75, 3.05) is 13.2 Å². The average molecular weight is 982 g/mol. The second-order valence-electron chi connectivity index (χ2n) is 18.4. The molecule has 0 aliphatic heterocycles. The number of carbonyl (C=O) groups excluding carboxylic acids is 3. The van der Waals surface area contributed by atoms with Crippen LogP contribution in [0.1, 0.15) is 239 Å². The van der Waals surface area contributed by atoms with Gasteiger partial charge in [0, 0.05) is 19.3 Å². The molecule has 0 fully saturated rings. The van der Waals surface area contributed by atoms with E-state index in [1.165, 1.54) is 51.4 Å². The van der Waals surface area contributed by atoms with Crippen LogP contribution in [0.15, 0.2) is 134 Å². The smallest absolute Gasteiger partial charge is 0.306 e. The quantitative estimate of drug-likeness (QED) is 0.0262. The van der Waals surface area contributed by atoms with Gasteiger partial charge in [-0.2, -0.15) is 0 Å². The number of hydrogen-bond acceptors (Lipinski definition) is 6. The van der Waals surface area contributed by atoms with E-state index in [1.54, 1.807) is 0 Å². The zero-order chi connectivity index (χ0) is 51.4. The highest BCUT2D eigenvalue weighted by atomic mass is 16.6. The Hall–Kier alpha value is -4.45. The first-order valence-electron chi connectivity index (χ1n) is 28.7. The molecule has 0 heterocycles. The third-order valence-corrected chi connectivity index (χ3v) is 11.6. The van der Waals surface area contributed by atoms with E-state index in [-0.39, 0.29) is 31.1 Å². The van der Waals surface area contributed by atoms with E-state index in [4.69, 9.17) is 14.2 Å². The van der Waals surface area contributed by atoms with Crippen molar-refractivity contribution in [2.24, 2.45) is 0 Å². The van der Waals surface area contributed by atoms with Crippen LogP contribution < -0.4 is 0 Å². The van der Waals surface area contributed by atoms with E-state index < -0.39 is 6.10 Å². The molecule has 0 aromatic carbocycles. The summed E-state index contributed by atoms with van der Waals surface area (Å²) in [5.74, 6) is -0.987. The molecule has 0 saturated heterocycles. The molecule has 0 unspecified atom stereocenters. The lowest BCUT2D eigenvalue weighted by Crippen LogP contribution is -2.30. The summed E-state index contributed by atoms with van der Waals surface area (Å²) < 4.78 is 16.8. The molecule has 6 heteroatoms. The molecular weight excluding hydrogens is 877 g/mol. The maximum absolute atomic E-state index is 12.9. The van der Waals surface area contributed by atoms with Gasteiger partial charge < -0.3 is 14.2 Å². The molecule has 0 aliphatic carbocycles. The highest BCUT2D eigenvalue weighted by Gasteiger charge is 2.19.